The number of anilines is 1. The number of hydrogen-bond donors (Lipinski definition) is 2. The molecule has 14 heteroatoms. The molecule has 0 aliphatic carbocycles. The van der Waals surface area contributed by atoms with Crippen molar-refractivity contribution in [2.75, 3.05) is 25.5 Å². The van der Waals surface area contributed by atoms with Crippen molar-refractivity contribution in [3.63, 3.8) is 0 Å². The summed E-state index contributed by atoms with van der Waals surface area (Å²) in [5.74, 6) is 1.12. The van der Waals surface area contributed by atoms with Crippen molar-refractivity contribution in [2.24, 2.45) is 0 Å². The molecule has 0 saturated carbocycles. The highest BCUT2D eigenvalue weighted by Gasteiger charge is 2.36. The molecule has 0 aliphatic rings. The van der Waals surface area contributed by atoms with Gasteiger partial charge >= 0.3 is 0 Å². The second-order valence-corrected chi connectivity index (χ2v) is 12.5. The summed E-state index contributed by atoms with van der Waals surface area (Å²) < 4.78 is 49.1. The van der Waals surface area contributed by atoms with Crippen LogP contribution in [0.4, 0.5) is 5.95 Å². The van der Waals surface area contributed by atoms with E-state index in [1.54, 1.807) is 56.8 Å². The lowest BCUT2D eigenvalue weighted by atomic mass is 10.1. The Balaban J connectivity index is 1.83. The number of sulfonamides is 1. The molecule has 224 valence electrons. The van der Waals surface area contributed by atoms with Crippen molar-refractivity contribution in [3.05, 3.63) is 66.0 Å². The van der Waals surface area contributed by atoms with Crippen LogP contribution in [0.3, 0.4) is 0 Å². The molecule has 4 rings (SSSR count). The van der Waals surface area contributed by atoms with Gasteiger partial charge in [-0.15, -0.1) is 10.2 Å². The number of ether oxygens (including phenoxy) is 3. The second-order valence-electron chi connectivity index (χ2n) is 10.5. The Morgan fingerprint density at radius 2 is 1.64 bits per heavy atom. The highest BCUT2D eigenvalue weighted by molar-refractivity contribution is 7.93. The van der Waals surface area contributed by atoms with Gasteiger partial charge in [0.2, 0.25) is 16.0 Å². The smallest absolute Gasteiger partial charge is 0.243 e. The lowest BCUT2D eigenvalue weighted by molar-refractivity contribution is -0.0564. The Kier molecular flexibility index (Phi) is 9.09. The highest BCUT2D eigenvalue weighted by atomic mass is 32.2. The van der Waals surface area contributed by atoms with Gasteiger partial charge in [0.25, 0.3) is 0 Å². The molecule has 0 aliphatic heterocycles. The molecule has 3 aromatic heterocycles. The first-order chi connectivity index (χ1) is 19.8. The van der Waals surface area contributed by atoms with Gasteiger partial charge in [-0.3, -0.25) is 14.3 Å². The summed E-state index contributed by atoms with van der Waals surface area (Å²) in [5.41, 5.74) is 1.41. The second kappa shape index (κ2) is 12.4. The third-order valence-corrected chi connectivity index (χ3v) is 7.94. The Labute approximate surface area is 245 Å². The maximum absolute atomic E-state index is 13.9. The van der Waals surface area contributed by atoms with Crippen LogP contribution in [-0.4, -0.2) is 74.9 Å². The topological polar surface area (TPSA) is 163 Å². The zero-order chi connectivity index (χ0) is 30.7. The first-order valence-electron chi connectivity index (χ1n) is 13.1. The van der Waals surface area contributed by atoms with Crippen molar-refractivity contribution in [1.82, 2.24) is 29.7 Å². The summed E-state index contributed by atoms with van der Waals surface area (Å²) in [6.07, 6.45) is 5.32. The number of nitrogens with one attached hydrogen (secondary N) is 1. The normalized spacial score (nSPS) is 13.4. The summed E-state index contributed by atoms with van der Waals surface area (Å²) >= 11 is 0. The number of benzene rings is 1. The van der Waals surface area contributed by atoms with Gasteiger partial charge in [0.15, 0.2) is 11.6 Å². The van der Waals surface area contributed by atoms with Crippen LogP contribution in [0.15, 0.2) is 49.1 Å². The monoisotopic (exact) mass is 597 g/mol. The van der Waals surface area contributed by atoms with Gasteiger partial charge in [-0.1, -0.05) is 6.07 Å². The molecule has 0 fully saturated rings. The van der Waals surface area contributed by atoms with Crippen LogP contribution in [0.1, 0.15) is 43.8 Å². The lowest BCUT2D eigenvalue weighted by Crippen LogP contribution is -2.36. The quantitative estimate of drug-likeness (QED) is 0.246. The molecule has 2 unspecified atom stereocenters. The number of para-hydroxylation sites is 1. The molecular formula is C28H35N7O6S. The van der Waals surface area contributed by atoms with Crippen LogP contribution in [-0.2, 0) is 14.8 Å². The van der Waals surface area contributed by atoms with Gasteiger partial charge in [0, 0.05) is 30.4 Å². The summed E-state index contributed by atoms with van der Waals surface area (Å²) in [4.78, 5) is 12.9. The molecule has 0 bridgehead atoms. The first kappa shape index (κ1) is 30.8. The maximum Gasteiger partial charge on any atom is 0.243 e. The fourth-order valence-corrected chi connectivity index (χ4v) is 5.22. The van der Waals surface area contributed by atoms with Gasteiger partial charge in [-0.05, 0) is 63.9 Å². The predicted molar refractivity (Wildman–Crippen MR) is 156 cm³/mol. The van der Waals surface area contributed by atoms with Crippen LogP contribution in [0.5, 0.6) is 11.5 Å². The van der Waals surface area contributed by atoms with E-state index in [0.717, 1.165) is 11.1 Å². The first-order valence-corrected chi connectivity index (χ1v) is 14.6. The highest BCUT2D eigenvalue weighted by Crippen LogP contribution is 2.38. The van der Waals surface area contributed by atoms with Crippen LogP contribution in [0.25, 0.3) is 17.1 Å². The van der Waals surface area contributed by atoms with Crippen LogP contribution in [0.2, 0.25) is 0 Å². The molecule has 0 amide bonds. The molecule has 0 radical (unpaired) electrons. The Hall–Kier alpha value is -4.14. The van der Waals surface area contributed by atoms with E-state index in [0.29, 0.717) is 28.6 Å². The summed E-state index contributed by atoms with van der Waals surface area (Å²) in [5, 5.41) is 17.6. The fourth-order valence-electron chi connectivity index (χ4n) is 4.12. The zero-order valence-corrected chi connectivity index (χ0v) is 25.4. The molecule has 0 spiro atoms. The number of aryl methyl sites for hydroxylation is 2. The van der Waals surface area contributed by atoms with Crippen LogP contribution >= 0.6 is 0 Å². The molecule has 2 N–H and O–H groups in total. The summed E-state index contributed by atoms with van der Waals surface area (Å²) in [7, 11) is -1.25. The van der Waals surface area contributed by atoms with Crippen LogP contribution < -0.4 is 14.2 Å². The van der Waals surface area contributed by atoms with E-state index < -0.39 is 27.0 Å². The molecule has 4 aromatic rings. The van der Waals surface area contributed by atoms with Gasteiger partial charge in [0.1, 0.15) is 28.5 Å². The molecular weight excluding hydrogens is 562 g/mol. The molecule has 3 heterocycles. The van der Waals surface area contributed by atoms with E-state index in [1.807, 2.05) is 19.9 Å². The van der Waals surface area contributed by atoms with E-state index in [-0.39, 0.29) is 18.4 Å². The fraction of sp³-hybridized carbons (Fsp3) is 0.393. The van der Waals surface area contributed by atoms with Gasteiger partial charge < -0.3 is 19.3 Å². The zero-order valence-electron chi connectivity index (χ0n) is 24.6. The molecule has 13 nitrogen and oxygen atoms in total. The van der Waals surface area contributed by atoms with Gasteiger partial charge in [-0.2, -0.15) is 0 Å². The summed E-state index contributed by atoms with van der Waals surface area (Å²) in [6, 6.07) is 7.03. The van der Waals surface area contributed by atoms with E-state index in [4.69, 9.17) is 14.2 Å². The van der Waals surface area contributed by atoms with Gasteiger partial charge in [0.05, 0.1) is 26.4 Å². The maximum atomic E-state index is 13.9. The minimum atomic E-state index is -4.24. The minimum absolute atomic E-state index is 0.118. The molecule has 42 heavy (non-hydrogen) atoms. The molecule has 2 atom stereocenters. The van der Waals surface area contributed by atoms with Crippen molar-refractivity contribution in [2.45, 2.75) is 51.6 Å². The standard InChI is InChI=1S/C28H35N7O6S/c1-17-11-20(15-29-12-17)26-32-33-27(35(26)23-21(39-6)9-8-10-22(23)40-7)34-42(37,38)19(3)24(41-16-28(4,5)36)25-30-13-18(2)14-31-25/h8-15,19,24,36H,16H2,1-7H3,(H,33,34). The van der Waals surface area contributed by atoms with Crippen LogP contribution in [0, 0.1) is 13.8 Å². The van der Waals surface area contributed by atoms with Crippen molar-refractivity contribution in [1.29, 1.82) is 0 Å². The molecule has 1 aromatic carbocycles. The Bertz CT molecular complexity index is 1610. The average molecular weight is 598 g/mol. The Morgan fingerprint density at radius 3 is 2.21 bits per heavy atom. The van der Waals surface area contributed by atoms with Crippen molar-refractivity contribution < 1.29 is 27.7 Å². The lowest BCUT2D eigenvalue weighted by Gasteiger charge is -2.27. The van der Waals surface area contributed by atoms with E-state index in [9.17, 15) is 13.5 Å². The number of rotatable bonds is 12. The number of hydrogen-bond acceptors (Lipinski definition) is 11. The van der Waals surface area contributed by atoms with Crippen molar-refractivity contribution in [3.8, 4) is 28.6 Å². The number of aliphatic hydroxyl groups is 1. The predicted octanol–water partition coefficient (Wildman–Crippen LogP) is 3.41. The Morgan fingerprint density at radius 1 is 1.00 bits per heavy atom. The average Bonchev–Trinajstić information content (AvgIpc) is 3.35. The third kappa shape index (κ3) is 6.83. The van der Waals surface area contributed by atoms with Gasteiger partial charge in [-0.25, -0.2) is 18.4 Å². The van der Waals surface area contributed by atoms with E-state index >= 15 is 0 Å². The summed E-state index contributed by atoms with van der Waals surface area (Å²) in [6.45, 7) is 8.13. The molecule has 0 saturated heterocycles. The third-order valence-electron chi connectivity index (χ3n) is 6.24. The number of methoxy groups -OCH3 is 2. The largest absolute Gasteiger partial charge is 0.494 e. The minimum Gasteiger partial charge on any atom is -0.494 e. The number of aromatic nitrogens is 6. The number of nitrogens with zero attached hydrogens (tertiary/aromatic N) is 6. The number of pyridine rings is 1. The SMILES string of the molecule is COc1cccc(OC)c1-n1c(NS(=O)(=O)C(C)C(OCC(C)(C)O)c2ncc(C)cn2)nnc1-c1cncc(C)c1. The van der Waals surface area contributed by atoms with E-state index in [2.05, 4.69) is 29.9 Å². The van der Waals surface area contributed by atoms with E-state index in [1.165, 1.54) is 25.7 Å². The van der Waals surface area contributed by atoms with Crippen molar-refractivity contribution >= 4 is 16.0 Å².